The first-order valence-corrected chi connectivity index (χ1v) is 5.66. The van der Waals surface area contributed by atoms with Crippen molar-refractivity contribution >= 4 is 11.8 Å². The molecular formula is C12H18N2O3. The Balaban J connectivity index is 2.18. The first-order chi connectivity index (χ1) is 8.09. The Morgan fingerprint density at radius 3 is 2.59 bits per heavy atom. The van der Waals surface area contributed by atoms with Gasteiger partial charge in [-0.1, -0.05) is 13.8 Å². The summed E-state index contributed by atoms with van der Waals surface area (Å²) in [5.74, 6) is -0.835. The van der Waals surface area contributed by atoms with Gasteiger partial charge in [-0.15, -0.1) is 0 Å². The summed E-state index contributed by atoms with van der Waals surface area (Å²) in [7, 11) is 0. The topological polar surface area (TPSA) is 71.3 Å². The minimum absolute atomic E-state index is 0.331. The van der Waals surface area contributed by atoms with Gasteiger partial charge in [-0.3, -0.25) is 9.59 Å². The minimum atomic E-state index is -0.589. The molecule has 0 spiro atoms. The Morgan fingerprint density at radius 1 is 1.29 bits per heavy atom. The van der Waals surface area contributed by atoms with Crippen LogP contribution >= 0.6 is 0 Å². The van der Waals surface area contributed by atoms with Crippen LogP contribution in [0.4, 0.5) is 0 Å². The van der Waals surface area contributed by atoms with Crippen LogP contribution in [0.15, 0.2) is 23.0 Å². The van der Waals surface area contributed by atoms with E-state index in [4.69, 9.17) is 4.42 Å². The fourth-order valence-corrected chi connectivity index (χ4v) is 1.21. The van der Waals surface area contributed by atoms with E-state index in [-0.39, 0.29) is 0 Å². The number of carbonyl (C=O) groups excluding carboxylic acids is 2. The summed E-state index contributed by atoms with van der Waals surface area (Å²) in [6.07, 6.45) is 3.84. The normalized spacial score (nSPS) is 10.3. The molecule has 1 heterocycles. The van der Waals surface area contributed by atoms with Gasteiger partial charge >= 0.3 is 11.8 Å². The maximum Gasteiger partial charge on any atom is 0.309 e. The molecule has 0 fully saturated rings. The first-order valence-electron chi connectivity index (χ1n) is 5.66. The summed E-state index contributed by atoms with van der Waals surface area (Å²) >= 11 is 0. The Kier molecular flexibility index (Phi) is 5.26. The highest BCUT2D eigenvalue weighted by atomic mass is 16.3. The van der Waals surface area contributed by atoms with E-state index in [1.165, 1.54) is 0 Å². The van der Waals surface area contributed by atoms with Gasteiger partial charge in [0.15, 0.2) is 0 Å². The molecule has 2 amide bonds. The summed E-state index contributed by atoms with van der Waals surface area (Å²) in [5.41, 5.74) is 0.993. The van der Waals surface area contributed by atoms with Crippen LogP contribution in [0.1, 0.15) is 19.4 Å². The van der Waals surface area contributed by atoms with E-state index in [1.807, 2.05) is 19.9 Å². The summed E-state index contributed by atoms with van der Waals surface area (Å²) < 4.78 is 4.89. The molecule has 94 valence electrons. The number of amides is 2. The van der Waals surface area contributed by atoms with Crippen molar-refractivity contribution in [1.82, 2.24) is 10.6 Å². The molecule has 1 aromatic rings. The second-order valence-corrected chi connectivity index (χ2v) is 4.24. The van der Waals surface area contributed by atoms with Gasteiger partial charge in [-0.2, -0.15) is 0 Å². The zero-order valence-electron chi connectivity index (χ0n) is 10.2. The molecule has 5 heteroatoms. The average molecular weight is 238 g/mol. The van der Waals surface area contributed by atoms with Crippen molar-refractivity contribution in [1.29, 1.82) is 0 Å². The molecule has 1 rings (SSSR count). The van der Waals surface area contributed by atoms with Crippen molar-refractivity contribution in [2.45, 2.75) is 20.3 Å². The molecule has 2 N–H and O–H groups in total. The van der Waals surface area contributed by atoms with Crippen LogP contribution in [-0.4, -0.2) is 24.9 Å². The highest BCUT2D eigenvalue weighted by Crippen LogP contribution is 1.99. The Morgan fingerprint density at radius 2 is 2.00 bits per heavy atom. The Hall–Kier alpha value is -1.78. The van der Waals surface area contributed by atoms with Crippen molar-refractivity contribution in [3.05, 3.63) is 24.2 Å². The third-order valence-electron chi connectivity index (χ3n) is 2.16. The maximum atomic E-state index is 11.3. The predicted octanol–water partition coefficient (Wildman–Crippen LogP) is 0.711. The monoisotopic (exact) mass is 238 g/mol. The van der Waals surface area contributed by atoms with E-state index >= 15 is 0 Å². The quantitative estimate of drug-likeness (QED) is 0.742. The van der Waals surface area contributed by atoms with Gasteiger partial charge in [-0.25, -0.2) is 0 Å². The predicted molar refractivity (Wildman–Crippen MR) is 63.3 cm³/mol. The van der Waals surface area contributed by atoms with Gasteiger partial charge in [0.1, 0.15) is 0 Å². The van der Waals surface area contributed by atoms with E-state index in [1.54, 1.807) is 12.5 Å². The highest BCUT2D eigenvalue weighted by molar-refractivity contribution is 6.35. The zero-order chi connectivity index (χ0) is 12.7. The van der Waals surface area contributed by atoms with E-state index in [2.05, 4.69) is 10.6 Å². The molecule has 0 aliphatic rings. The van der Waals surface area contributed by atoms with Gasteiger partial charge in [0.25, 0.3) is 0 Å². The van der Waals surface area contributed by atoms with Gasteiger partial charge < -0.3 is 15.1 Å². The summed E-state index contributed by atoms with van der Waals surface area (Å²) in [6, 6.07) is 1.82. The molecule has 1 aromatic heterocycles. The lowest BCUT2D eigenvalue weighted by molar-refractivity contribution is -0.139. The lowest BCUT2D eigenvalue weighted by Gasteiger charge is -2.07. The molecule has 0 saturated carbocycles. The van der Waals surface area contributed by atoms with Crippen LogP contribution in [0, 0.1) is 5.92 Å². The molecular weight excluding hydrogens is 220 g/mol. The fraction of sp³-hybridized carbons (Fsp3) is 0.500. The number of hydrogen-bond acceptors (Lipinski definition) is 3. The molecule has 5 nitrogen and oxygen atoms in total. The third kappa shape index (κ3) is 5.19. The number of furan rings is 1. The van der Waals surface area contributed by atoms with Crippen LogP contribution < -0.4 is 10.6 Å². The summed E-state index contributed by atoms with van der Waals surface area (Å²) in [6.45, 7) is 4.87. The van der Waals surface area contributed by atoms with E-state index < -0.39 is 11.8 Å². The van der Waals surface area contributed by atoms with E-state index in [0.29, 0.717) is 25.4 Å². The highest BCUT2D eigenvalue weighted by Gasteiger charge is 2.12. The Labute approximate surface area is 101 Å². The molecule has 0 bridgehead atoms. The van der Waals surface area contributed by atoms with Crippen LogP contribution in [0.5, 0.6) is 0 Å². The fourth-order valence-electron chi connectivity index (χ4n) is 1.21. The molecule has 0 radical (unpaired) electrons. The zero-order valence-corrected chi connectivity index (χ0v) is 10.2. The molecule has 0 saturated heterocycles. The molecule has 0 aromatic carbocycles. The van der Waals surface area contributed by atoms with Crippen LogP contribution in [0.2, 0.25) is 0 Å². The SMILES string of the molecule is CC(C)CNC(=O)C(=O)NCCc1ccoc1. The van der Waals surface area contributed by atoms with Crippen LogP contribution in [-0.2, 0) is 16.0 Å². The van der Waals surface area contributed by atoms with Crippen molar-refractivity contribution in [2.75, 3.05) is 13.1 Å². The minimum Gasteiger partial charge on any atom is -0.472 e. The third-order valence-corrected chi connectivity index (χ3v) is 2.16. The number of carbonyl (C=O) groups is 2. The first kappa shape index (κ1) is 13.3. The maximum absolute atomic E-state index is 11.3. The standard InChI is InChI=1S/C12H18N2O3/c1-9(2)7-14-12(16)11(15)13-5-3-10-4-6-17-8-10/h4,6,8-9H,3,5,7H2,1-2H3,(H,13,15)(H,14,16). The number of nitrogens with one attached hydrogen (secondary N) is 2. The van der Waals surface area contributed by atoms with Gasteiger partial charge in [-0.05, 0) is 24.0 Å². The lowest BCUT2D eigenvalue weighted by atomic mass is 10.2. The average Bonchev–Trinajstić information content (AvgIpc) is 2.78. The van der Waals surface area contributed by atoms with Crippen molar-refractivity contribution in [2.24, 2.45) is 5.92 Å². The molecule has 17 heavy (non-hydrogen) atoms. The number of hydrogen-bond donors (Lipinski definition) is 2. The largest absolute Gasteiger partial charge is 0.472 e. The van der Waals surface area contributed by atoms with E-state index in [0.717, 1.165) is 5.56 Å². The molecule has 0 aliphatic heterocycles. The second kappa shape index (κ2) is 6.73. The van der Waals surface area contributed by atoms with Gasteiger partial charge in [0, 0.05) is 13.1 Å². The molecule has 0 atom stereocenters. The van der Waals surface area contributed by atoms with Crippen molar-refractivity contribution < 1.29 is 14.0 Å². The summed E-state index contributed by atoms with van der Waals surface area (Å²) in [5, 5.41) is 5.11. The van der Waals surface area contributed by atoms with Gasteiger partial charge in [0.05, 0.1) is 12.5 Å². The van der Waals surface area contributed by atoms with Crippen molar-refractivity contribution in [3.63, 3.8) is 0 Å². The second-order valence-electron chi connectivity index (χ2n) is 4.24. The number of rotatable bonds is 5. The molecule has 0 aliphatic carbocycles. The lowest BCUT2D eigenvalue weighted by Crippen LogP contribution is -2.41. The summed E-state index contributed by atoms with van der Waals surface area (Å²) in [4.78, 5) is 22.6. The van der Waals surface area contributed by atoms with Gasteiger partial charge in [0.2, 0.25) is 0 Å². The Bertz CT molecular complexity index is 358. The van der Waals surface area contributed by atoms with Crippen LogP contribution in [0.25, 0.3) is 0 Å². The smallest absolute Gasteiger partial charge is 0.309 e. The van der Waals surface area contributed by atoms with E-state index in [9.17, 15) is 9.59 Å². The molecule has 0 unspecified atom stereocenters. The van der Waals surface area contributed by atoms with Crippen LogP contribution in [0.3, 0.4) is 0 Å². The van der Waals surface area contributed by atoms with Crippen molar-refractivity contribution in [3.8, 4) is 0 Å².